The minimum Gasteiger partial charge on any atom is -0.389 e. The standard InChI is InChI=1S/C15H24O/c1-11-9-13(3,16)15-7-4-6-14(15,10-11)12(2)5-8-15/h12,16H,1,4-10H2,2-3H3/t12-,13?,14-,15-/m0/s1. The third-order valence-corrected chi connectivity index (χ3v) is 6.32. The van der Waals surface area contributed by atoms with Gasteiger partial charge in [-0.15, -0.1) is 0 Å². The Hall–Kier alpha value is -0.300. The minimum atomic E-state index is -0.496. The summed E-state index contributed by atoms with van der Waals surface area (Å²) in [6.07, 6.45) is 8.46. The van der Waals surface area contributed by atoms with Crippen LogP contribution in [0.15, 0.2) is 12.2 Å². The molecule has 0 saturated heterocycles. The maximum atomic E-state index is 10.9. The monoisotopic (exact) mass is 220 g/mol. The van der Waals surface area contributed by atoms with E-state index in [4.69, 9.17) is 0 Å². The Bertz CT molecular complexity index is 343. The van der Waals surface area contributed by atoms with Crippen LogP contribution >= 0.6 is 0 Å². The van der Waals surface area contributed by atoms with E-state index in [1.807, 2.05) is 0 Å². The summed E-state index contributed by atoms with van der Waals surface area (Å²) in [5, 5.41) is 10.9. The average Bonchev–Trinajstić information content (AvgIpc) is 2.64. The summed E-state index contributed by atoms with van der Waals surface area (Å²) in [5.74, 6) is 0.776. The van der Waals surface area contributed by atoms with E-state index < -0.39 is 5.60 Å². The zero-order chi connectivity index (χ0) is 11.6. The van der Waals surface area contributed by atoms with Gasteiger partial charge >= 0.3 is 0 Å². The van der Waals surface area contributed by atoms with Gasteiger partial charge in [-0.3, -0.25) is 0 Å². The highest BCUT2D eigenvalue weighted by Gasteiger charge is 2.69. The summed E-state index contributed by atoms with van der Waals surface area (Å²) in [7, 11) is 0. The molecule has 0 spiro atoms. The number of hydrogen-bond acceptors (Lipinski definition) is 1. The fraction of sp³-hybridized carbons (Fsp3) is 0.867. The molecule has 1 unspecified atom stereocenters. The quantitative estimate of drug-likeness (QED) is 0.617. The van der Waals surface area contributed by atoms with Crippen LogP contribution in [-0.2, 0) is 0 Å². The molecule has 0 amide bonds. The molecule has 3 fully saturated rings. The lowest BCUT2D eigenvalue weighted by Gasteiger charge is -2.56. The van der Waals surface area contributed by atoms with Crippen molar-refractivity contribution in [2.24, 2.45) is 16.7 Å². The molecule has 1 nitrogen and oxygen atoms in total. The Balaban J connectivity index is 2.15. The lowest BCUT2D eigenvalue weighted by molar-refractivity contribution is -0.140. The second-order valence-electron chi connectivity index (χ2n) is 6.91. The lowest BCUT2D eigenvalue weighted by atomic mass is 9.50. The minimum absolute atomic E-state index is 0.223. The topological polar surface area (TPSA) is 20.2 Å². The molecule has 16 heavy (non-hydrogen) atoms. The predicted octanol–water partition coefficient (Wildman–Crippen LogP) is 3.67. The van der Waals surface area contributed by atoms with Gasteiger partial charge < -0.3 is 5.11 Å². The molecule has 0 aliphatic heterocycles. The van der Waals surface area contributed by atoms with Gasteiger partial charge in [0.2, 0.25) is 0 Å². The second-order valence-corrected chi connectivity index (χ2v) is 6.91. The molecule has 1 N–H and O–H groups in total. The molecule has 3 saturated carbocycles. The van der Waals surface area contributed by atoms with E-state index in [1.54, 1.807) is 0 Å². The molecule has 3 rings (SSSR count). The molecule has 3 aliphatic carbocycles. The SMILES string of the molecule is C=C1CC(C)(O)[C@@]23CCC[C@]2(C1)[C@@H](C)CC3. The third kappa shape index (κ3) is 0.971. The van der Waals surface area contributed by atoms with Crippen LogP contribution in [0.3, 0.4) is 0 Å². The first-order chi connectivity index (χ1) is 7.44. The Kier molecular flexibility index (Phi) is 1.98. The summed E-state index contributed by atoms with van der Waals surface area (Å²) in [5.41, 5.74) is 1.41. The first-order valence-electron chi connectivity index (χ1n) is 6.83. The maximum absolute atomic E-state index is 10.9. The Labute approximate surface area is 98.9 Å². The molecule has 0 aromatic rings. The van der Waals surface area contributed by atoms with Crippen LogP contribution in [0, 0.1) is 16.7 Å². The summed E-state index contributed by atoms with van der Waals surface area (Å²) >= 11 is 0. The molecule has 3 aliphatic rings. The number of hydrogen-bond donors (Lipinski definition) is 1. The highest BCUT2D eigenvalue weighted by molar-refractivity contribution is 5.26. The van der Waals surface area contributed by atoms with Gasteiger partial charge in [-0.25, -0.2) is 0 Å². The van der Waals surface area contributed by atoms with Crippen molar-refractivity contribution in [3.8, 4) is 0 Å². The third-order valence-electron chi connectivity index (χ3n) is 6.32. The molecule has 0 aromatic carbocycles. The van der Waals surface area contributed by atoms with Crippen LogP contribution in [-0.4, -0.2) is 10.7 Å². The van der Waals surface area contributed by atoms with Crippen LogP contribution in [0.5, 0.6) is 0 Å². The molecule has 0 radical (unpaired) electrons. The number of rotatable bonds is 0. The fourth-order valence-corrected chi connectivity index (χ4v) is 5.70. The van der Waals surface area contributed by atoms with Crippen LogP contribution in [0.4, 0.5) is 0 Å². The van der Waals surface area contributed by atoms with E-state index in [1.165, 1.54) is 44.1 Å². The Morgan fingerprint density at radius 3 is 2.75 bits per heavy atom. The van der Waals surface area contributed by atoms with Gasteiger partial charge in [0, 0.05) is 5.41 Å². The van der Waals surface area contributed by atoms with E-state index in [2.05, 4.69) is 20.4 Å². The maximum Gasteiger partial charge on any atom is 0.0718 e. The summed E-state index contributed by atoms with van der Waals surface area (Å²) in [6, 6.07) is 0. The Morgan fingerprint density at radius 1 is 1.25 bits per heavy atom. The molecule has 1 heteroatoms. The van der Waals surface area contributed by atoms with Crippen molar-refractivity contribution >= 4 is 0 Å². The van der Waals surface area contributed by atoms with Crippen LogP contribution in [0.25, 0.3) is 0 Å². The van der Waals surface area contributed by atoms with Crippen molar-refractivity contribution in [2.75, 3.05) is 0 Å². The van der Waals surface area contributed by atoms with Crippen LogP contribution in [0.1, 0.15) is 58.8 Å². The van der Waals surface area contributed by atoms with E-state index in [-0.39, 0.29) is 5.41 Å². The summed E-state index contributed by atoms with van der Waals surface area (Å²) in [6.45, 7) is 8.68. The fourth-order valence-electron chi connectivity index (χ4n) is 5.70. The van der Waals surface area contributed by atoms with Gasteiger partial charge in [0.25, 0.3) is 0 Å². The molecule has 0 aromatic heterocycles. The first-order valence-corrected chi connectivity index (χ1v) is 6.83. The smallest absolute Gasteiger partial charge is 0.0718 e. The lowest BCUT2D eigenvalue weighted by Crippen LogP contribution is -2.55. The highest BCUT2D eigenvalue weighted by atomic mass is 16.3. The predicted molar refractivity (Wildman–Crippen MR) is 66.1 cm³/mol. The first kappa shape index (κ1) is 10.8. The van der Waals surface area contributed by atoms with Crippen molar-refractivity contribution < 1.29 is 5.11 Å². The van der Waals surface area contributed by atoms with E-state index in [9.17, 15) is 5.11 Å². The molecule has 0 bridgehead atoms. The van der Waals surface area contributed by atoms with E-state index in [0.717, 1.165) is 12.3 Å². The van der Waals surface area contributed by atoms with Crippen LogP contribution in [0.2, 0.25) is 0 Å². The van der Waals surface area contributed by atoms with E-state index in [0.29, 0.717) is 5.41 Å². The van der Waals surface area contributed by atoms with Gasteiger partial charge in [-0.05, 0) is 56.8 Å². The summed E-state index contributed by atoms with van der Waals surface area (Å²) < 4.78 is 0. The van der Waals surface area contributed by atoms with Crippen molar-refractivity contribution in [3.05, 3.63) is 12.2 Å². The highest BCUT2D eigenvalue weighted by Crippen LogP contribution is 2.74. The average molecular weight is 220 g/mol. The zero-order valence-corrected chi connectivity index (χ0v) is 10.7. The molecule has 90 valence electrons. The normalized spacial score (nSPS) is 56.2. The van der Waals surface area contributed by atoms with Crippen molar-refractivity contribution in [2.45, 2.75) is 64.4 Å². The van der Waals surface area contributed by atoms with Gasteiger partial charge in [0.15, 0.2) is 0 Å². The molecular weight excluding hydrogens is 196 g/mol. The van der Waals surface area contributed by atoms with E-state index >= 15 is 0 Å². The van der Waals surface area contributed by atoms with Crippen molar-refractivity contribution in [1.29, 1.82) is 0 Å². The van der Waals surface area contributed by atoms with Gasteiger partial charge in [-0.2, -0.15) is 0 Å². The molecule has 4 atom stereocenters. The number of aliphatic hydroxyl groups is 1. The van der Waals surface area contributed by atoms with Gasteiger partial charge in [0.05, 0.1) is 5.60 Å². The Morgan fingerprint density at radius 2 is 2.00 bits per heavy atom. The van der Waals surface area contributed by atoms with Gasteiger partial charge in [-0.1, -0.05) is 25.5 Å². The van der Waals surface area contributed by atoms with Gasteiger partial charge in [0.1, 0.15) is 0 Å². The second kappa shape index (κ2) is 2.93. The molecule has 0 heterocycles. The van der Waals surface area contributed by atoms with Crippen molar-refractivity contribution in [3.63, 3.8) is 0 Å². The summed E-state index contributed by atoms with van der Waals surface area (Å²) in [4.78, 5) is 0. The largest absolute Gasteiger partial charge is 0.389 e. The van der Waals surface area contributed by atoms with Crippen molar-refractivity contribution in [1.82, 2.24) is 0 Å². The van der Waals surface area contributed by atoms with Crippen LogP contribution < -0.4 is 0 Å². The molecular formula is C15H24O. The zero-order valence-electron chi connectivity index (χ0n) is 10.7.